The first-order chi connectivity index (χ1) is 16.4. The van der Waals surface area contributed by atoms with E-state index in [1.807, 2.05) is 30.3 Å². The molecule has 4 saturated carbocycles. The van der Waals surface area contributed by atoms with Gasteiger partial charge < -0.3 is 15.4 Å². The monoisotopic (exact) mass is 464 g/mol. The van der Waals surface area contributed by atoms with Crippen molar-refractivity contribution >= 4 is 23.8 Å². The van der Waals surface area contributed by atoms with Crippen LogP contribution in [0, 0.1) is 40.9 Å². The number of nitrogens with one attached hydrogen (secondary N) is 3. The first-order valence-corrected chi connectivity index (χ1v) is 12.0. The summed E-state index contributed by atoms with van der Waals surface area (Å²) in [6.07, 6.45) is 3.43. The molecule has 1 aliphatic heterocycles. The van der Waals surface area contributed by atoms with E-state index in [9.17, 15) is 24.4 Å². The normalized spacial score (nSPS) is 32.2. The predicted octanol–water partition coefficient (Wildman–Crippen LogP) is 1.78. The van der Waals surface area contributed by atoms with Crippen LogP contribution in [0.3, 0.4) is 0 Å². The minimum atomic E-state index is -1.24. The van der Waals surface area contributed by atoms with Gasteiger partial charge >= 0.3 is 6.09 Å². The van der Waals surface area contributed by atoms with E-state index in [2.05, 4.69) is 22.0 Å². The van der Waals surface area contributed by atoms with Gasteiger partial charge in [0.05, 0.1) is 17.9 Å². The summed E-state index contributed by atoms with van der Waals surface area (Å²) < 4.78 is 5.30. The summed E-state index contributed by atoms with van der Waals surface area (Å²) in [5.74, 6) is -2.30. The number of imide groups is 1. The average molecular weight is 465 g/mol. The molecule has 1 aromatic carbocycles. The van der Waals surface area contributed by atoms with Crippen molar-refractivity contribution in [3.63, 3.8) is 0 Å². The van der Waals surface area contributed by atoms with Crippen molar-refractivity contribution in [2.75, 3.05) is 0 Å². The summed E-state index contributed by atoms with van der Waals surface area (Å²) in [5.41, 5.74) is -0.401. The number of amides is 4. The maximum atomic E-state index is 13.4. The first-order valence-electron chi connectivity index (χ1n) is 12.0. The Kier molecular flexibility index (Phi) is 5.76. The Morgan fingerprint density at radius 2 is 1.85 bits per heavy atom. The number of hydrogen-bond acceptors (Lipinski definition) is 6. The van der Waals surface area contributed by atoms with Crippen molar-refractivity contribution < 1.29 is 23.9 Å². The van der Waals surface area contributed by atoms with Crippen molar-refractivity contribution in [2.45, 2.75) is 56.7 Å². The van der Waals surface area contributed by atoms with Crippen LogP contribution in [0.4, 0.5) is 4.79 Å². The molecule has 1 unspecified atom stereocenters. The molecule has 0 radical (unpaired) electrons. The molecule has 6 rings (SSSR count). The van der Waals surface area contributed by atoms with Crippen molar-refractivity contribution in [1.29, 1.82) is 5.26 Å². The van der Waals surface area contributed by atoms with E-state index < -0.39 is 41.3 Å². The van der Waals surface area contributed by atoms with Crippen LogP contribution in [-0.4, -0.2) is 35.4 Å². The smallest absolute Gasteiger partial charge is 0.408 e. The molecule has 34 heavy (non-hydrogen) atoms. The van der Waals surface area contributed by atoms with Crippen LogP contribution in [0.15, 0.2) is 30.3 Å². The van der Waals surface area contributed by atoms with E-state index in [-0.39, 0.29) is 24.3 Å². The fourth-order valence-electron chi connectivity index (χ4n) is 6.09. The highest BCUT2D eigenvalue weighted by Crippen LogP contribution is 2.55. The second kappa shape index (κ2) is 8.75. The molecular weight excluding hydrogens is 436 g/mol. The van der Waals surface area contributed by atoms with Crippen LogP contribution in [0.25, 0.3) is 0 Å². The molecule has 0 aromatic heterocycles. The lowest BCUT2D eigenvalue weighted by Crippen LogP contribution is -2.66. The number of carbonyl (C=O) groups is 4. The molecule has 3 N–H and O–H groups in total. The standard InChI is InChI=1S/C25H28N4O5/c26-13-25(11-16-8-9-17(25)20-19(16)22(31)28-23(20)32)29-21(30)18(10-14-6-7-14)27-24(33)34-12-15-4-2-1-3-5-15/h1-5,14,16-20H,6-12H2,(H,27,33)(H,29,30)(H,28,31,32)/t16-,17-,18-,19+,20-,25?/m1/s1. The van der Waals surface area contributed by atoms with Crippen molar-refractivity contribution in [3.8, 4) is 6.07 Å². The van der Waals surface area contributed by atoms with Gasteiger partial charge in [0.15, 0.2) is 0 Å². The Labute approximate surface area is 197 Å². The summed E-state index contributed by atoms with van der Waals surface area (Å²) in [6, 6.07) is 10.7. The van der Waals surface area contributed by atoms with Crippen molar-refractivity contribution in [2.24, 2.45) is 29.6 Å². The lowest BCUT2D eigenvalue weighted by Gasteiger charge is -2.52. The minimum Gasteiger partial charge on any atom is -0.445 e. The summed E-state index contributed by atoms with van der Waals surface area (Å²) in [6.45, 7) is 0.0858. The molecule has 4 amide bonds. The molecule has 1 saturated heterocycles. The summed E-state index contributed by atoms with van der Waals surface area (Å²) in [7, 11) is 0. The second-order valence-electron chi connectivity index (χ2n) is 10.1. The van der Waals surface area contributed by atoms with E-state index >= 15 is 0 Å². The summed E-state index contributed by atoms with van der Waals surface area (Å²) in [5, 5.41) is 18.2. The fraction of sp³-hybridized carbons (Fsp3) is 0.560. The Morgan fingerprint density at radius 1 is 1.12 bits per heavy atom. The molecule has 1 heterocycles. The molecule has 5 fully saturated rings. The van der Waals surface area contributed by atoms with Crippen LogP contribution in [-0.2, 0) is 25.7 Å². The van der Waals surface area contributed by atoms with Crippen LogP contribution < -0.4 is 16.0 Å². The lowest BCUT2D eigenvalue weighted by atomic mass is 9.52. The number of benzene rings is 1. The molecule has 9 heteroatoms. The largest absolute Gasteiger partial charge is 0.445 e. The quantitative estimate of drug-likeness (QED) is 0.526. The van der Waals surface area contributed by atoms with E-state index in [0.717, 1.165) is 24.8 Å². The van der Waals surface area contributed by atoms with Gasteiger partial charge in [0.2, 0.25) is 17.7 Å². The third kappa shape index (κ3) is 4.13. The molecule has 6 atom stereocenters. The Hall–Kier alpha value is -3.41. The predicted molar refractivity (Wildman–Crippen MR) is 118 cm³/mol. The van der Waals surface area contributed by atoms with E-state index in [0.29, 0.717) is 25.2 Å². The average Bonchev–Trinajstić information content (AvgIpc) is 3.61. The van der Waals surface area contributed by atoms with Gasteiger partial charge in [-0.05, 0) is 43.1 Å². The molecule has 2 bridgehead atoms. The van der Waals surface area contributed by atoms with Crippen LogP contribution in [0.1, 0.15) is 44.1 Å². The van der Waals surface area contributed by atoms with Crippen LogP contribution >= 0.6 is 0 Å². The van der Waals surface area contributed by atoms with Crippen molar-refractivity contribution in [3.05, 3.63) is 35.9 Å². The molecular formula is C25H28N4O5. The van der Waals surface area contributed by atoms with E-state index in [1.165, 1.54) is 0 Å². The molecule has 9 nitrogen and oxygen atoms in total. The van der Waals surface area contributed by atoms with Gasteiger partial charge in [-0.15, -0.1) is 0 Å². The number of hydrogen-bond donors (Lipinski definition) is 3. The number of nitrogens with zero attached hydrogens (tertiary/aromatic N) is 1. The molecule has 4 aliphatic carbocycles. The third-order valence-electron chi connectivity index (χ3n) is 7.88. The lowest BCUT2D eigenvalue weighted by molar-refractivity contribution is -0.137. The summed E-state index contributed by atoms with van der Waals surface area (Å²) >= 11 is 0. The van der Waals surface area contributed by atoms with E-state index in [1.54, 1.807) is 0 Å². The van der Waals surface area contributed by atoms with Gasteiger partial charge in [-0.1, -0.05) is 43.2 Å². The van der Waals surface area contributed by atoms with Crippen molar-refractivity contribution in [1.82, 2.24) is 16.0 Å². The van der Waals surface area contributed by atoms with Crippen LogP contribution in [0.2, 0.25) is 0 Å². The molecule has 5 aliphatic rings. The maximum absolute atomic E-state index is 13.4. The van der Waals surface area contributed by atoms with Crippen LogP contribution in [0.5, 0.6) is 0 Å². The molecule has 178 valence electrons. The Balaban J connectivity index is 1.28. The zero-order chi connectivity index (χ0) is 23.9. The highest BCUT2D eigenvalue weighted by Gasteiger charge is 2.64. The Bertz CT molecular complexity index is 1050. The van der Waals surface area contributed by atoms with Gasteiger partial charge in [-0.2, -0.15) is 5.26 Å². The molecule has 0 spiro atoms. The number of fused-ring (bicyclic) bond motifs is 2. The first kappa shape index (κ1) is 22.4. The second-order valence-corrected chi connectivity index (χ2v) is 10.1. The SMILES string of the molecule is N#CC1(NC(=O)[C@@H](CC2CC2)NC(=O)OCc2ccccc2)C[C@H]2CC[C@@H]1[C@H]1C(=O)NC(=O)[C@@H]21. The number of alkyl carbamates (subject to hydrolysis) is 1. The van der Waals surface area contributed by atoms with Gasteiger partial charge in [-0.3, -0.25) is 19.7 Å². The highest BCUT2D eigenvalue weighted by atomic mass is 16.5. The fourth-order valence-corrected chi connectivity index (χ4v) is 6.09. The number of nitriles is 1. The van der Waals surface area contributed by atoms with Gasteiger partial charge in [0.1, 0.15) is 18.2 Å². The Morgan fingerprint density at radius 3 is 2.56 bits per heavy atom. The minimum absolute atomic E-state index is 0.0858. The van der Waals surface area contributed by atoms with Gasteiger partial charge in [0.25, 0.3) is 0 Å². The topological polar surface area (TPSA) is 137 Å². The highest BCUT2D eigenvalue weighted by molar-refractivity contribution is 6.06. The number of ether oxygens (including phenoxy) is 1. The molecule has 1 aromatic rings. The maximum Gasteiger partial charge on any atom is 0.408 e. The zero-order valence-electron chi connectivity index (χ0n) is 18.8. The third-order valence-corrected chi connectivity index (χ3v) is 7.88. The zero-order valence-corrected chi connectivity index (χ0v) is 18.8. The number of carbonyl (C=O) groups excluding carboxylic acids is 4. The number of rotatable bonds is 7. The van der Waals surface area contributed by atoms with Gasteiger partial charge in [-0.25, -0.2) is 4.79 Å². The van der Waals surface area contributed by atoms with Gasteiger partial charge in [0, 0.05) is 5.92 Å². The summed E-state index contributed by atoms with van der Waals surface area (Å²) in [4.78, 5) is 50.6. The van der Waals surface area contributed by atoms with E-state index in [4.69, 9.17) is 4.74 Å².